The summed E-state index contributed by atoms with van der Waals surface area (Å²) in [5.74, 6) is 1.32. The van der Waals surface area contributed by atoms with E-state index in [0.29, 0.717) is 18.8 Å². The molecule has 0 saturated carbocycles. The molecule has 0 aliphatic rings. The van der Waals surface area contributed by atoms with Crippen molar-refractivity contribution in [2.45, 2.75) is 19.4 Å². The van der Waals surface area contributed by atoms with Crippen LogP contribution < -0.4 is 10.1 Å². The summed E-state index contributed by atoms with van der Waals surface area (Å²) in [5.41, 5.74) is 0.811. The van der Waals surface area contributed by atoms with Gasteiger partial charge in [-0.2, -0.15) is 4.68 Å². The van der Waals surface area contributed by atoms with Crippen molar-refractivity contribution < 1.29 is 9.53 Å². The van der Waals surface area contributed by atoms with Crippen molar-refractivity contribution in [3.63, 3.8) is 0 Å². The highest BCUT2D eigenvalue weighted by Gasteiger charge is 2.09. The van der Waals surface area contributed by atoms with E-state index in [1.165, 1.54) is 0 Å². The van der Waals surface area contributed by atoms with Crippen LogP contribution >= 0.6 is 15.9 Å². The molecule has 0 bridgehead atoms. The number of amides is 1. The molecule has 7 nitrogen and oxygen atoms in total. The Labute approximate surface area is 130 Å². The van der Waals surface area contributed by atoms with Crippen molar-refractivity contribution in [2.75, 3.05) is 12.4 Å². The van der Waals surface area contributed by atoms with Crippen molar-refractivity contribution in [3.05, 3.63) is 30.1 Å². The number of hydrogen-bond acceptors (Lipinski definition) is 5. The molecule has 0 fully saturated rings. The molecule has 0 aliphatic heterocycles. The Balaban J connectivity index is 2.02. The monoisotopic (exact) mass is 353 g/mol. The zero-order chi connectivity index (χ0) is 15.1. The predicted molar refractivity (Wildman–Crippen MR) is 80.6 cm³/mol. The second-order valence-electron chi connectivity index (χ2n) is 4.27. The standard InChI is InChI=1S/C13H16BrN5O2/c1-21-11-6-4-10(5-7-11)19-12(16-17-18-19)9-15-13(20)3-2-8-14/h4-7H,2-3,8-9H2,1H3,(H,15,20). The molecule has 0 spiro atoms. The minimum Gasteiger partial charge on any atom is -0.497 e. The van der Waals surface area contributed by atoms with Gasteiger partial charge in [-0.05, 0) is 41.1 Å². The molecule has 0 atom stereocenters. The molecule has 0 aliphatic carbocycles. The van der Waals surface area contributed by atoms with E-state index >= 15 is 0 Å². The largest absolute Gasteiger partial charge is 0.497 e. The number of alkyl halides is 1. The average Bonchev–Trinajstić information content (AvgIpc) is 2.99. The van der Waals surface area contributed by atoms with E-state index in [1.54, 1.807) is 11.8 Å². The smallest absolute Gasteiger partial charge is 0.220 e. The third-order valence-corrected chi connectivity index (χ3v) is 3.39. The van der Waals surface area contributed by atoms with Gasteiger partial charge in [-0.15, -0.1) is 5.10 Å². The maximum absolute atomic E-state index is 11.6. The van der Waals surface area contributed by atoms with Gasteiger partial charge >= 0.3 is 0 Å². The molecule has 1 heterocycles. The van der Waals surface area contributed by atoms with Crippen LogP contribution in [0.5, 0.6) is 5.75 Å². The Hall–Kier alpha value is -1.96. The zero-order valence-electron chi connectivity index (χ0n) is 11.6. The molecule has 1 aromatic carbocycles. The van der Waals surface area contributed by atoms with Crippen molar-refractivity contribution in [1.82, 2.24) is 25.5 Å². The molecule has 0 radical (unpaired) electrons. The third-order valence-electron chi connectivity index (χ3n) is 2.83. The van der Waals surface area contributed by atoms with Gasteiger partial charge in [-0.3, -0.25) is 4.79 Å². The first kappa shape index (κ1) is 15.4. The molecule has 21 heavy (non-hydrogen) atoms. The minimum absolute atomic E-state index is 0.0151. The van der Waals surface area contributed by atoms with Gasteiger partial charge in [-0.25, -0.2) is 0 Å². The van der Waals surface area contributed by atoms with Gasteiger partial charge in [-0.1, -0.05) is 15.9 Å². The van der Waals surface area contributed by atoms with Gasteiger partial charge in [0.15, 0.2) is 5.82 Å². The van der Waals surface area contributed by atoms with Crippen LogP contribution in [-0.4, -0.2) is 38.6 Å². The van der Waals surface area contributed by atoms with Gasteiger partial charge in [0, 0.05) is 11.8 Å². The van der Waals surface area contributed by atoms with E-state index in [9.17, 15) is 4.79 Å². The minimum atomic E-state index is -0.0151. The first-order valence-corrected chi connectivity index (χ1v) is 7.61. The molecule has 1 amide bonds. The van der Waals surface area contributed by atoms with Gasteiger partial charge in [0.05, 0.1) is 19.3 Å². The number of rotatable bonds is 7. The first-order valence-electron chi connectivity index (χ1n) is 6.49. The van der Waals surface area contributed by atoms with Crippen molar-refractivity contribution in [1.29, 1.82) is 0 Å². The molecule has 2 rings (SSSR count). The zero-order valence-corrected chi connectivity index (χ0v) is 13.2. The fraction of sp³-hybridized carbons (Fsp3) is 0.385. The number of benzene rings is 1. The van der Waals surface area contributed by atoms with Gasteiger partial charge < -0.3 is 10.1 Å². The number of ether oxygens (including phenoxy) is 1. The highest BCUT2D eigenvalue weighted by Crippen LogP contribution is 2.14. The van der Waals surface area contributed by atoms with Crippen molar-refractivity contribution >= 4 is 21.8 Å². The maximum atomic E-state index is 11.6. The Morgan fingerprint density at radius 2 is 2.14 bits per heavy atom. The summed E-state index contributed by atoms with van der Waals surface area (Å²) in [6, 6.07) is 7.36. The SMILES string of the molecule is COc1ccc(-n2nnnc2CNC(=O)CCCBr)cc1. The van der Waals surface area contributed by atoms with Crippen LogP contribution in [0.1, 0.15) is 18.7 Å². The Kier molecular flexibility index (Phi) is 5.68. The lowest BCUT2D eigenvalue weighted by Gasteiger charge is -2.07. The third kappa shape index (κ3) is 4.25. The molecule has 0 unspecified atom stereocenters. The lowest BCUT2D eigenvalue weighted by atomic mass is 10.3. The molecule has 1 N–H and O–H groups in total. The topological polar surface area (TPSA) is 81.9 Å². The number of nitrogens with one attached hydrogen (secondary N) is 1. The molecular formula is C13H16BrN5O2. The number of hydrogen-bond donors (Lipinski definition) is 1. The Morgan fingerprint density at radius 3 is 2.81 bits per heavy atom. The van der Waals surface area contributed by atoms with E-state index in [4.69, 9.17) is 4.74 Å². The summed E-state index contributed by atoms with van der Waals surface area (Å²) in [6.07, 6.45) is 1.28. The molecular weight excluding hydrogens is 338 g/mol. The number of aromatic nitrogens is 4. The maximum Gasteiger partial charge on any atom is 0.220 e. The molecule has 112 valence electrons. The van der Waals surface area contributed by atoms with E-state index < -0.39 is 0 Å². The lowest BCUT2D eigenvalue weighted by molar-refractivity contribution is -0.121. The number of carbonyl (C=O) groups excluding carboxylic acids is 1. The number of nitrogens with zero attached hydrogens (tertiary/aromatic N) is 4. The number of halogens is 1. The first-order chi connectivity index (χ1) is 10.2. The molecule has 8 heteroatoms. The highest BCUT2D eigenvalue weighted by atomic mass is 79.9. The average molecular weight is 354 g/mol. The van der Waals surface area contributed by atoms with Crippen molar-refractivity contribution in [2.24, 2.45) is 0 Å². The van der Waals surface area contributed by atoms with Crippen LogP contribution in [0.3, 0.4) is 0 Å². The Morgan fingerprint density at radius 1 is 1.38 bits per heavy atom. The lowest BCUT2D eigenvalue weighted by Crippen LogP contribution is -2.24. The second-order valence-corrected chi connectivity index (χ2v) is 5.07. The van der Waals surface area contributed by atoms with Crippen LogP contribution in [0.2, 0.25) is 0 Å². The van der Waals surface area contributed by atoms with Crippen molar-refractivity contribution in [3.8, 4) is 11.4 Å². The summed E-state index contributed by atoms with van der Waals surface area (Å²) < 4.78 is 6.70. The number of methoxy groups -OCH3 is 1. The van der Waals surface area contributed by atoms with Crippen LogP contribution in [-0.2, 0) is 11.3 Å². The fourth-order valence-corrected chi connectivity index (χ4v) is 2.01. The van der Waals surface area contributed by atoms with E-state index in [-0.39, 0.29) is 5.91 Å². The molecule has 1 aromatic heterocycles. The fourth-order valence-electron chi connectivity index (χ4n) is 1.73. The molecule has 0 saturated heterocycles. The highest BCUT2D eigenvalue weighted by molar-refractivity contribution is 9.09. The summed E-state index contributed by atoms with van der Waals surface area (Å²) in [7, 11) is 1.61. The second kappa shape index (κ2) is 7.72. The number of tetrazole rings is 1. The van der Waals surface area contributed by atoms with Crippen LogP contribution in [0, 0.1) is 0 Å². The summed E-state index contributed by atoms with van der Waals surface area (Å²) >= 11 is 3.29. The van der Waals surface area contributed by atoms with Gasteiger partial charge in [0.25, 0.3) is 0 Å². The van der Waals surface area contributed by atoms with Crippen LogP contribution in [0.4, 0.5) is 0 Å². The van der Waals surface area contributed by atoms with Crippen LogP contribution in [0.25, 0.3) is 5.69 Å². The predicted octanol–water partition coefficient (Wildman–Crippen LogP) is 1.46. The summed E-state index contributed by atoms with van der Waals surface area (Å²) in [4.78, 5) is 11.6. The van der Waals surface area contributed by atoms with Gasteiger partial charge in [0.2, 0.25) is 5.91 Å². The molecule has 2 aromatic rings. The van der Waals surface area contributed by atoms with E-state index in [1.807, 2.05) is 24.3 Å². The van der Waals surface area contributed by atoms with E-state index in [0.717, 1.165) is 23.2 Å². The number of carbonyl (C=O) groups is 1. The quantitative estimate of drug-likeness (QED) is 0.762. The Bertz CT molecular complexity index is 585. The van der Waals surface area contributed by atoms with Gasteiger partial charge in [0.1, 0.15) is 5.75 Å². The van der Waals surface area contributed by atoms with Crippen LogP contribution in [0.15, 0.2) is 24.3 Å². The normalized spacial score (nSPS) is 10.4. The van der Waals surface area contributed by atoms with E-state index in [2.05, 4.69) is 36.8 Å². The summed E-state index contributed by atoms with van der Waals surface area (Å²) in [5, 5.41) is 15.1. The summed E-state index contributed by atoms with van der Waals surface area (Å²) in [6.45, 7) is 0.292.